The molecule has 6 heteroatoms. The van der Waals surface area contributed by atoms with E-state index in [9.17, 15) is 0 Å². The highest BCUT2D eigenvalue weighted by Gasteiger charge is 2.24. The van der Waals surface area contributed by atoms with Gasteiger partial charge in [0, 0.05) is 45.9 Å². The number of guanidine groups is 1. The Bertz CT molecular complexity index is 484. The van der Waals surface area contributed by atoms with Gasteiger partial charge in [-0.15, -0.1) is 24.0 Å². The number of hydrogen-bond donors (Lipinski definition) is 2. The number of halogens is 1. The van der Waals surface area contributed by atoms with Gasteiger partial charge in [-0.1, -0.05) is 30.3 Å². The maximum atomic E-state index is 5.35. The summed E-state index contributed by atoms with van der Waals surface area (Å²) < 4.78 is 5.35. The molecule has 1 atom stereocenters. The van der Waals surface area contributed by atoms with Crippen LogP contribution in [0.15, 0.2) is 35.3 Å². The van der Waals surface area contributed by atoms with Crippen LogP contribution in [-0.2, 0) is 11.3 Å². The Hall–Kier alpha value is -0.860. The number of nitrogens with one attached hydrogen (secondary N) is 2. The topological polar surface area (TPSA) is 48.9 Å². The molecule has 5 nitrogen and oxygen atoms in total. The van der Waals surface area contributed by atoms with E-state index in [4.69, 9.17) is 4.74 Å². The third kappa shape index (κ3) is 8.37. The van der Waals surface area contributed by atoms with Gasteiger partial charge in [0.2, 0.25) is 0 Å². The van der Waals surface area contributed by atoms with Crippen molar-refractivity contribution in [3.8, 4) is 0 Å². The van der Waals surface area contributed by atoms with Gasteiger partial charge in [0.1, 0.15) is 0 Å². The highest BCUT2D eigenvalue weighted by Crippen LogP contribution is 2.19. The summed E-state index contributed by atoms with van der Waals surface area (Å²) in [5.74, 6) is 0.887. The van der Waals surface area contributed by atoms with Crippen molar-refractivity contribution in [3.63, 3.8) is 0 Å². The van der Waals surface area contributed by atoms with Gasteiger partial charge in [-0.05, 0) is 38.3 Å². The van der Waals surface area contributed by atoms with Crippen LogP contribution in [0.25, 0.3) is 0 Å². The molecule has 0 radical (unpaired) electrons. The van der Waals surface area contributed by atoms with E-state index in [1.807, 2.05) is 14.0 Å². The third-order valence-corrected chi connectivity index (χ3v) is 4.42. The Morgan fingerprint density at radius 2 is 2.08 bits per heavy atom. The average Bonchev–Trinajstić information content (AvgIpc) is 3.05. The van der Waals surface area contributed by atoms with Crippen LogP contribution >= 0.6 is 24.0 Å². The number of aliphatic imine (C=N–C) groups is 1. The Kier molecular flexibility index (Phi) is 11.9. The van der Waals surface area contributed by atoms with Crippen molar-refractivity contribution in [2.45, 2.75) is 38.8 Å². The van der Waals surface area contributed by atoms with Crippen molar-refractivity contribution in [1.29, 1.82) is 0 Å². The lowest BCUT2D eigenvalue weighted by molar-refractivity contribution is 0.145. The minimum Gasteiger partial charge on any atom is -0.382 e. The molecule has 0 amide bonds. The Labute approximate surface area is 169 Å². The molecule has 0 bridgehead atoms. The molecule has 1 fully saturated rings. The van der Waals surface area contributed by atoms with Crippen molar-refractivity contribution in [1.82, 2.24) is 15.5 Å². The molecule has 0 spiro atoms. The van der Waals surface area contributed by atoms with Gasteiger partial charge in [-0.3, -0.25) is 9.89 Å². The summed E-state index contributed by atoms with van der Waals surface area (Å²) in [6.07, 6.45) is 3.53. The minimum atomic E-state index is 0. The van der Waals surface area contributed by atoms with Gasteiger partial charge in [0.25, 0.3) is 0 Å². The van der Waals surface area contributed by atoms with E-state index < -0.39 is 0 Å². The highest BCUT2D eigenvalue weighted by atomic mass is 127. The first kappa shape index (κ1) is 22.2. The van der Waals surface area contributed by atoms with Crippen molar-refractivity contribution in [2.75, 3.05) is 39.9 Å². The summed E-state index contributed by atoms with van der Waals surface area (Å²) in [6.45, 7) is 7.65. The first-order valence-corrected chi connectivity index (χ1v) is 9.13. The van der Waals surface area contributed by atoms with Gasteiger partial charge >= 0.3 is 0 Å². The Morgan fingerprint density at radius 3 is 2.80 bits per heavy atom. The van der Waals surface area contributed by atoms with Gasteiger partial charge in [-0.25, -0.2) is 0 Å². The van der Waals surface area contributed by atoms with Crippen LogP contribution in [0.5, 0.6) is 0 Å². The first-order chi connectivity index (χ1) is 11.8. The summed E-state index contributed by atoms with van der Waals surface area (Å²) in [6, 6.07) is 11.3. The van der Waals surface area contributed by atoms with Crippen LogP contribution in [0.1, 0.15) is 31.7 Å². The highest BCUT2D eigenvalue weighted by molar-refractivity contribution is 14.0. The van der Waals surface area contributed by atoms with Crippen LogP contribution in [-0.4, -0.2) is 56.8 Å². The molecular weight excluding hydrogens is 427 g/mol. The predicted molar refractivity (Wildman–Crippen MR) is 116 cm³/mol. The summed E-state index contributed by atoms with van der Waals surface area (Å²) in [5.41, 5.74) is 1.39. The monoisotopic (exact) mass is 460 g/mol. The first-order valence-electron chi connectivity index (χ1n) is 9.13. The van der Waals surface area contributed by atoms with Crippen LogP contribution in [0.2, 0.25) is 0 Å². The number of likely N-dealkylation sites (tertiary alicyclic amines) is 1. The smallest absolute Gasteiger partial charge is 0.191 e. The van der Waals surface area contributed by atoms with E-state index >= 15 is 0 Å². The second kappa shape index (κ2) is 13.4. The van der Waals surface area contributed by atoms with Gasteiger partial charge < -0.3 is 15.4 Å². The maximum Gasteiger partial charge on any atom is 0.191 e. The van der Waals surface area contributed by atoms with Gasteiger partial charge in [-0.2, -0.15) is 0 Å². The van der Waals surface area contributed by atoms with E-state index in [-0.39, 0.29) is 24.0 Å². The number of rotatable bonds is 9. The van der Waals surface area contributed by atoms with E-state index in [2.05, 4.69) is 50.9 Å². The zero-order valence-corrected chi connectivity index (χ0v) is 17.9. The molecule has 2 rings (SSSR count). The van der Waals surface area contributed by atoms with E-state index in [1.54, 1.807) is 0 Å². The lowest BCUT2D eigenvalue weighted by Gasteiger charge is -2.25. The number of benzene rings is 1. The summed E-state index contributed by atoms with van der Waals surface area (Å²) in [7, 11) is 1.83. The van der Waals surface area contributed by atoms with E-state index in [0.717, 1.165) is 45.2 Å². The fraction of sp³-hybridized carbons (Fsp3) is 0.632. The summed E-state index contributed by atoms with van der Waals surface area (Å²) in [4.78, 5) is 6.89. The van der Waals surface area contributed by atoms with Crippen molar-refractivity contribution < 1.29 is 4.74 Å². The van der Waals surface area contributed by atoms with Crippen molar-refractivity contribution in [2.24, 2.45) is 4.99 Å². The number of nitrogens with zero attached hydrogens (tertiary/aromatic N) is 2. The lowest BCUT2D eigenvalue weighted by Crippen LogP contribution is -2.45. The molecule has 1 aromatic rings. The van der Waals surface area contributed by atoms with Crippen LogP contribution < -0.4 is 10.6 Å². The zero-order valence-electron chi connectivity index (χ0n) is 15.5. The molecule has 2 N–H and O–H groups in total. The molecule has 1 aliphatic heterocycles. The normalized spacial score (nSPS) is 18.0. The van der Waals surface area contributed by atoms with Crippen molar-refractivity contribution >= 4 is 29.9 Å². The molecule has 1 aliphatic rings. The van der Waals surface area contributed by atoms with Gasteiger partial charge in [0.05, 0.1) is 0 Å². The third-order valence-electron chi connectivity index (χ3n) is 4.42. The fourth-order valence-electron chi connectivity index (χ4n) is 3.11. The largest absolute Gasteiger partial charge is 0.382 e. The van der Waals surface area contributed by atoms with Crippen LogP contribution in [0.3, 0.4) is 0 Å². The molecule has 1 aromatic carbocycles. The fourth-order valence-corrected chi connectivity index (χ4v) is 3.11. The maximum absolute atomic E-state index is 5.35. The van der Waals surface area contributed by atoms with E-state index in [1.165, 1.54) is 24.9 Å². The quantitative estimate of drug-likeness (QED) is 0.258. The molecule has 1 saturated heterocycles. The minimum absolute atomic E-state index is 0. The summed E-state index contributed by atoms with van der Waals surface area (Å²) >= 11 is 0. The van der Waals surface area contributed by atoms with Crippen LogP contribution in [0.4, 0.5) is 0 Å². The SMILES string of the molecule is CCOCCCNC(=NC)NCC1CCCN1Cc1ccccc1.I. The molecule has 25 heavy (non-hydrogen) atoms. The average molecular weight is 460 g/mol. The molecule has 1 unspecified atom stereocenters. The molecule has 0 saturated carbocycles. The molecule has 142 valence electrons. The molecule has 0 aliphatic carbocycles. The number of ether oxygens (including phenoxy) is 1. The molecular formula is C19H33IN4O. The second-order valence-electron chi connectivity index (χ2n) is 6.18. The second-order valence-corrected chi connectivity index (χ2v) is 6.18. The molecule has 1 heterocycles. The Balaban J connectivity index is 0.00000312. The molecule has 0 aromatic heterocycles. The zero-order chi connectivity index (χ0) is 17.0. The Morgan fingerprint density at radius 1 is 1.28 bits per heavy atom. The van der Waals surface area contributed by atoms with Gasteiger partial charge in [0.15, 0.2) is 5.96 Å². The van der Waals surface area contributed by atoms with Crippen molar-refractivity contribution in [3.05, 3.63) is 35.9 Å². The van der Waals surface area contributed by atoms with Crippen LogP contribution in [0, 0.1) is 0 Å². The standard InChI is InChI=1S/C19H32N4O.HI/c1-3-24-14-8-12-21-19(20-2)22-15-18-11-7-13-23(18)16-17-9-5-4-6-10-17;/h4-6,9-10,18H,3,7-8,11-16H2,1-2H3,(H2,20,21,22);1H. The predicted octanol–water partition coefficient (Wildman–Crippen LogP) is 2.86. The van der Waals surface area contributed by atoms with E-state index in [0.29, 0.717) is 6.04 Å². The summed E-state index contributed by atoms with van der Waals surface area (Å²) in [5, 5.41) is 6.83. The number of hydrogen-bond acceptors (Lipinski definition) is 3. The lowest BCUT2D eigenvalue weighted by atomic mass is 10.2.